The highest BCUT2D eigenvalue weighted by atomic mass is 19.4. The summed E-state index contributed by atoms with van der Waals surface area (Å²) in [6.07, 6.45) is -2.59. The predicted molar refractivity (Wildman–Crippen MR) is 101 cm³/mol. The van der Waals surface area contributed by atoms with Crippen LogP contribution in [0.25, 0.3) is 0 Å². The van der Waals surface area contributed by atoms with Gasteiger partial charge >= 0.3 is 12.4 Å². The molecular weight excluding hydrogens is 389 g/mol. The fraction of sp³-hybridized carbons (Fsp3) is 0.368. The van der Waals surface area contributed by atoms with Gasteiger partial charge in [-0.1, -0.05) is 0 Å². The molecule has 2 amide bonds. The van der Waals surface area contributed by atoms with Crippen molar-refractivity contribution in [3.8, 4) is 5.75 Å². The van der Waals surface area contributed by atoms with Crippen LogP contribution in [0, 0.1) is 0 Å². The molecular formula is C19H21F3N4O3. The van der Waals surface area contributed by atoms with E-state index < -0.39 is 12.4 Å². The van der Waals surface area contributed by atoms with Crippen molar-refractivity contribution >= 4 is 17.4 Å². The van der Waals surface area contributed by atoms with Crippen molar-refractivity contribution in [3.63, 3.8) is 0 Å². The number of carbonyl (C=O) groups is 1. The minimum atomic E-state index is -4.77. The van der Waals surface area contributed by atoms with E-state index in [0.717, 1.165) is 17.8 Å². The van der Waals surface area contributed by atoms with Gasteiger partial charge in [0.15, 0.2) is 0 Å². The number of urea groups is 1. The number of ether oxygens (including phenoxy) is 1. The second-order valence-corrected chi connectivity index (χ2v) is 6.63. The summed E-state index contributed by atoms with van der Waals surface area (Å²) in [6.45, 7) is 0.577. The number of alkyl halides is 3. The Kier molecular flexibility index (Phi) is 6.12. The highest BCUT2D eigenvalue weighted by Gasteiger charge is 2.31. The number of aromatic nitrogens is 1. The molecule has 0 fully saturated rings. The van der Waals surface area contributed by atoms with Crippen LogP contribution in [-0.4, -0.2) is 53.6 Å². The van der Waals surface area contributed by atoms with E-state index in [1.807, 2.05) is 18.0 Å². The molecule has 1 atom stereocenters. The number of anilines is 2. The van der Waals surface area contributed by atoms with Gasteiger partial charge in [0.25, 0.3) is 0 Å². The van der Waals surface area contributed by atoms with Crippen LogP contribution in [0.2, 0.25) is 0 Å². The molecule has 1 aliphatic rings. The maximum atomic E-state index is 12.7. The first-order valence-corrected chi connectivity index (χ1v) is 8.96. The fourth-order valence-corrected chi connectivity index (χ4v) is 3.16. The normalized spacial score (nSPS) is 17.2. The summed E-state index contributed by atoms with van der Waals surface area (Å²) in [4.78, 5) is 20.6. The van der Waals surface area contributed by atoms with Crippen molar-refractivity contribution < 1.29 is 27.8 Å². The van der Waals surface area contributed by atoms with Crippen LogP contribution in [0.4, 0.5) is 29.3 Å². The molecule has 2 aromatic rings. The van der Waals surface area contributed by atoms with E-state index in [-0.39, 0.29) is 24.9 Å². The number of hydrogen-bond acceptors (Lipinski definition) is 5. The molecule has 2 heterocycles. The zero-order valence-electron chi connectivity index (χ0n) is 15.7. The van der Waals surface area contributed by atoms with Gasteiger partial charge in [-0.2, -0.15) is 0 Å². The topological polar surface area (TPSA) is 77.9 Å². The van der Waals surface area contributed by atoms with Gasteiger partial charge in [0.1, 0.15) is 5.75 Å². The fourth-order valence-electron chi connectivity index (χ4n) is 3.16. The lowest BCUT2D eigenvalue weighted by atomic mass is 10.1. The van der Waals surface area contributed by atoms with Gasteiger partial charge in [0, 0.05) is 25.5 Å². The summed E-state index contributed by atoms with van der Waals surface area (Å²) in [7, 11) is 1.88. The molecule has 0 spiro atoms. The molecule has 0 saturated heterocycles. The maximum absolute atomic E-state index is 12.7. The third-order valence-electron chi connectivity index (χ3n) is 4.70. The number of halogens is 3. The average Bonchev–Trinajstić information content (AvgIpc) is 2.66. The predicted octanol–water partition coefficient (Wildman–Crippen LogP) is 3.22. The van der Waals surface area contributed by atoms with Crippen LogP contribution >= 0.6 is 0 Å². The molecule has 2 N–H and O–H groups in total. The Hall–Kier alpha value is -3.01. The Labute approximate surface area is 165 Å². The van der Waals surface area contributed by atoms with Crippen LogP contribution in [0.3, 0.4) is 0 Å². The first kappa shape index (κ1) is 20.7. The summed E-state index contributed by atoms with van der Waals surface area (Å²) in [6, 6.07) is 8.01. The second-order valence-electron chi connectivity index (χ2n) is 6.63. The molecule has 0 unspecified atom stereocenters. The highest BCUT2D eigenvalue weighted by molar-refractivity contribution is 5.89. The summed E-state index contributed by atoms with van der Waals surface area (Å²) < 4.78 is 40.6. The number of carbonyl (C=O) groups excluding carboxylic acids is 1. The Morgan fingerprint density at radius 2 is 2.03 bits per heavy atom. The van der Waals surface area contributed by atoms with Gasteiger partial charge in [-0.25, -0.2) is 4.79 Å². The molecule has 0 radical (unpaired) electrons. The lowest BCUT2D eigenvalue weighted by Gasteiger charge is -2.35. The molecule has 156 valence electrons. The molecule has 1 aromatic carbocycles. The van der Waals surface area contributed by atoms with E-state index in [9.17, 15) is 23.1 Å². The van der Waals surface area contributed by atoms with Crippen LogP contribution in [0.15, 0.2) is 42.6 Å². The third kappa shape index (κ3) is 5.29. The first-order valence-electron chi connectivity index (χ1n) is 8.96. The Morgan fingerprint density at radius 1 is 1.31 bits per heavy atom. The zero-order valence-corrected chi connectivity index (χ0v) is 15.7. The monoisotopic (exact) mass is 410 g/mol. The number of aliphatic hydroxyl groups is 1. The SMILES string of the molecule is CN1c2cccnc2CN(C(=O)Nc2ccc(OC(F)(F)F)cc2)CC[C@H]1CO. The summed E-state index contributed by atoms with van der Waals surface area (Å²) in [5.74, 6) is -0.367. The Bertz CT molecular complexity index is 845. The number of rotatable bonds is 3. The van der Waals surface area contributed by atoms with E-state index in [1.165, 1.54) is 12.1 Å². The third-order valence-corrected chi connectivity index (χ3v) is 4.70. The van der Waals surface area contributed by atoms with Gasteiger partial charge in [0.05, 0.1) is 30.6 Å². The minimum Gasteiger partial charge on any atom is -0.406 e. The molecule has 1 aromatic heterocycles. The van der Waals surface area contributed by atoms with Crippen molar-refractivity contribution in [2.45, 2.75) is 25.4 Å². The molecule has 0 bridgehead atoms. The van der Waals surface area contributed by atoms with Crippen LogP contribution < -0.4 is 15.0 Å². The number of nitrogens with zero attached hydrogens (tertiary/aromatic N) is 3. The molecule has 0 saturated carbocycles. The van der Waals surface area contributed by atoms with Crippen molar-refractivity contribution in [1.29, 1.82) is 0 Å². The van der Waals surface area contributed by atoms with E-state index >= 15 is 0 Å². The number of amides is 2. The van der Waals surface area contributed by atoms with Crippen molar-refractivity contribution in [2.24, 2.45) is 0 Å². The number of fused-ring (bicyclic) bond motifs is 1. The minimum absolute atomic E-state index is 0.0685. The van der Waals surface area contributed by atoms with Crippen molar-refractivity contribution in [3.05, 3.63) is 48.3 Å². The number of nitrogens with one attached hydrogen (secondary N) is 1. The van der Waals surface area contributed by atoms with Gasteiger partial charge < -0.3 is 25.0 Å². The van der Waals surface area contributed by atoms with Crippen molar-refractivity contribution in [1.82, 2.24) is 9.88 Å². The van der Waals surface area contributed by atoms with Gasteiger partial charge in [-0.05, 0) is 42.8 Å². The van der Waals surface area contributed by atoms with E-state index in [1.54, 1.807) is 17.2 Å². The number of likely N-dealkylation sites (N-methyl/N-ethyl adjacent to an activating group) is 1. The summed E-state index contributed by atoms with van der Waals surface area (Å²) in [5.41, 5.74) is 1.86. The number of hydrogen-bond donors (Lipinski definition) is 2. The van der Waals surface area contributed by atoms with Crippen LogP contribution in [0.1, 0.15) is 12.1 Å². The van der Waals surface area contributed by atoms with Crippen molar-refractivity contribution in [2.75, 3.05) is 30.4 Å². The number of aliphatic hydroxyl groups excluding tert-OH is 1. The van der Waals surface area contributed by atoms with Gasteiger partial charge in [0.2, 0.25) is 0 Å². The second kappa shape index (κ2) is 8.56. The van der Waals surface area contributed by atoms with Crippen LogP contribution in [0.5, 0.6) is 5.75 Å². The largest absolute Gasteiger partial charge is 0.573 e. The van der Waals surface area contributed by atoms with E-state index in [2.05, 4.69) is 15.0 Å². The molecule has 7 nitrogen and oxygen atoms in total. The zero-order chi connectivity index (χ0) is 21.0. The molecule has 29 heavy (non-hydrogen) atoms. The van der Waals surface area contributed by atoms with Gasteiger partial charge in [-0.15, -0.1) is 13.2 Å². The smallest absolute Gasteiger partial charge is 0.406 e. The molecule has 1 aliphatic heterocycles. The Morgan fingerprint density at radius 3 is 2.69 bits per heavy atom. The molecule has 3 rings (SSSR count). The maximum Gasteiger partial charge on any atom is 0.573 e. The summed E-state index contributed by atoms with van der Waals surface area (Å²) in [5, 5.41) is 12.4. The average molecular weight is 410 g/mol. The van der Waals surface area contributed by atoms with Crippen LogP contribution in [-0.2, 0) is 6.54 Å². The quantitative estimate of drug-likeness (QED) is 0.813. The lowest BCUT2D eigenvalue weighted by Crippen LogP contribution is -2.44. The number of benzene rings is 1. The lowest BCUT2D eigenvalue weighted by molar-refractivity contribution is -0.274. The molecule has 0 aliphatic carbocycles. The van der Waals surface area contributed by atoms with E-state index in [0.29, 0.717) is 24.3 Å². The number of pyridine rings is 1. The summed E-state index contributed by atoms with van der Waals surface area (Å²) >= 11 is 0. The highest BCUT2D eigenvalue weighted by Crippen LogP contribution is 2.26. The first-order chi connectivity index (χ1) is 13.8. The molecule has 10 heteroatoms. The standard InChI is InChI=1S/C19H21F3N4O3/c1-25-14(12-27)8-10-26(11-16-17(25)3-2-9-23-16)18(28)24-13-4-6-15(7-5-13)29-19(20,21)22/h2-7,9,14,27H,8,10-12H2,1H3,(H,24,28)/t14-/m0/s1. The van der Waals surface area contributed by atoms with E-state index in [4.69, 9.17) is 0 Å². The van der Waals surface area contributed by atoms with Gasteiger partial charge in [-0.3, -0.25) is 4.98 Å². The Balaban J connectivity index is 1.73.